The van der Waals surface area contributed by atoms with Gasteiger partial charge in [-0.15, -0.1) is 0 Å². The maximum absolute atomic E-state index is 12.7. The zero-order valence-corrected chi connectivity index (χ0v) is 43.2. The Hall–Kier alpha value is -3.41. The molecule has 0 aromatic carbocycles. The molecule has 0 aromatic heterocycles. The van der Waals surface area contributed by atoms with Gasteiger partial charge in [0.1, 0.15) is 13.2 Å². The normalized spacial score (nSPS) is 12.7. The first-order chi connectivity index (χ1) is 32.5. The lowest BCUT2D eigenvalue weighted by Gasteiger charge is -2.18. The molecule has 0 spiro atoms. The summed E-state index contributed by atoms with van der Waals surface area (Å²) < 4.78 is 16.7. The van der Waals surface area contributed by atoms with Crippen LogP contribution >= 0.6 is 0 Å². The molecule has 0 amide bonds. The second kappa shape index (κ2) is 54.2. The molecule has 0 N–H and O–H groups in total. The van der Waals surface area contributed by atoms with E-state index in [0.717, 1.165) is 77.0 Å². The molecule has 0 radical (unpaired) electrons. The molecule has 6 nitrogen and oxygen atoms in total. The van der Waals surface area contributed by atoms with E-state index in [0.29, 0.717) is 12.8 Å². The fourth-order valence-electron chi connectivity index (χ4n) is 7.55. The van der Waals surface area contributed by atoms with Crippen molar-refractivity contribution in [2.24, 2.45) is 0 Å². The third kappa shape index (κ3) is 51.6. The fourth-order valence-corrected chi connectivity index (χ4v) is 7.55. The van der Waals surface area contributed by atoms with Gasteiger partial charge in [0.25, 0.3) is 0 Å². The van der Waals surface area contributed by atoms with E-state index in [-0.39, 0.29) is 31.6 Å². The fraction of sp³-hybridized carbons (Fsp3) is 0.717. The third-order valence-corrected chi connectivity index (χ3v) is 11.7. The van der Waals surface area contributed by atoms with Crippen LogP contribution in [-0.2, 0) is 28.6 Å². The molecule has 0 aliphatic carbocycles. The van der Waals surface area contributed by atoms with Gasteiger partial charge >= 0.3 is 17.9 Å². The summed E-state index contributed by atoms with van der Waals surface area (Å²) in [6.07, 6.45) is 70.5. The zero-order chi connectivity index (χ0) is 47.9. The number of hydrogen-bond donors (Lipinski definition) is 0. The molecule has 6 heteroatoms. The highest BCUT2D eigenvalue weighted by molar-refractivity contribution is 5.72. The van der Waals surface area contributed by atoms with Crippen molar-refractivity contribution in [3.63, 3.8) is 0 Å². The van der Waals surface area contributed by atoms with E-state index in [1.54, 1.807) is 6.08 Å². The van der Waals surface area contributed by atoms with Crippen molar-refractivity contribution in [1.29, 1.82) is 0 Å². The van der Waals surface area contributed by atoms with E-state index < -0.39 is 12.1 Å². The number of carbonyl (C=O) groups is 3. The van der Waals surface area contributed by atoms with E-state index in [2.05, 4.69) is 93.7 Å². The maximum atomic E-state index is 12.7. The topological polar surface area (TPSA) is 78.9 Å². The lowest BCUT2D eigenvalue weighted by molar-refractivity contribution is -0.166. The van der Waals surface area contributed by atoms with Crippen LogP contribution in [0.5, 0.6) is 0 Å². The number of esters is 3. The Kier molecular flexibility index (Phi) is 51.4. The van der Waals surface area contributed by atoms with Gasteiger partial charge in [-0.05, 0) is 77.0 Å². The summed E-state index contributed by atoms with van der Waals surface area (Å²) in [4.78, 5) is 37.8. The average Bonchev–Trinajstić information content (AvgIpc) is 3.31. The van der Waals surface area contributed by atoms with E-state index >= 15 is 0 Å². The average molecular weight is 919 g/mol. The molecule has 0 bridgehead atoms. The molecular weight excluding hydrogens is 817 g/mol. The third-order valence-electron chi connectivity index (χ3n) is 11.7. The Labute approximate surface area is 407 Å². The van der Waals surface area contributed by atoms with E-state index in [1.807, 2.05) is 6.08 Å². The Morgan fingerprint density at radius 3 is 1.00 bits per heavy atom. The van der Waals surface area contributed by atoms with Crippen LogP contribution in [0.4, 0.5) is 0 Å². The van der Waals surface area contributed by atoms with Crippen molar-refractivity contribution in [2.75, 3.05) is 13.2 Å². The highest BCUT2D eigenvalue weighted by atomic mass is 16.6. The number of allylic oxidation sites excluding steroid dienone is 13. The predicted molar refractivity (Wildman–Crippen MR) is 284 cm³/mol. The predicted octanol–water partition coefficient (Wildman–Crippen LogP) is 18.4. The second-order valence-corrected chi connectivity index (χ2v) is 18.1. The van der Waals surface area contributed by atoms with Gasteiger partial charge in [0.2, 0.25) is 0 Å². The quantitative estimate of drug-likeness (QED) is 0.0262. The molecule has 0 fully saturated rings. The summed E-state index contributed by atoms with van der Waals surface area (Å²) in [5.41, 5.74) is 0. The lowest BCUT2D eigenvalue weighted by atomic mass is 10.0. The van der Waals surface area contributed by atoms with Crippen LogP contribution in [0.25, 0.3) is 0 Å². The molecule has 1 unspecified atom stereocenters. The summed E-state index contributed by atoms with van der Waals surface area (Å²) in [5.74, 6) is -1.05. The second-order valence-electron chi connectivity index (χ2n) is 18.1. The van der Waals surface area contributed by atoms with E-state index in [4.69, 9.17) is 14.2 Å². The molecule has 0 saturated heterocycles. The highest BCUT2D eigenvalue weighted by Crippen LogP contribution is 2.15. The largest absolute Gasteiger partial charge is 0.462 e. The summed E-state index contributed by atoms with van der Waals surface area (Å²) in [5, 5.41) is 0. The Morgan fingerprint density at radius 1 is 0.333 bits per heavy atom. The minimum absolute atomic E-state index is 0.0977. The Balaban J connectivity index is 4.26. The SMILES string of the molecule is CC/C=C\C/C=C\C/C=C\C/C=C\C/C=C\CC(=O)OC(COC(=O)CCCCCCCCCC)COC(=O)CCCCCCCCCCCCCCC/C=C\C/C=C\CCCCCCC. The van der Waals surface area contributed by atoms with Crippen molar-refractivity contribution in [1.82, 2.24) is 0 Å². The van der Waals surface area contributed by atoms with Crippen molar-refractivity contribution in [3.8, 4) is 0 Å². The Morgan fingerprint density at radius 2 is 0.636 bits per heavy atom. The van der Waals surface area contributed by atoms with Gasteiger partial charge in [-0.25, -0.2) is 0 Å². The standard InChI is InChI=1S/C60H102O6/c1-4-7-10-13-16-19-21-23-25-26-27-28-29-30-31-32-33-34-36-37-39-41-44-47-50-53-59(62)65-56-57(55-64-58(61)52-49-46-43-18-15-12-9-6-3)66-60(63)54-51-48-45-42-40-38-35-24-22-20-17-14-11-8-5-2/h8,11,17,20-21,23-24,26-27,35,40,42,48,51,57H,4-7,9-10,12-16,18-19,22,25,28-34,36-39,41,43-47,49-50,52-56H2,1-3H3/b11-8-,20-17-,23-21-,27-26-,35-24-,42-40-,51-48-. The van der Waals surface area contributed by atoms with Crippen LogP contribution in [0.1, 0.15) is 258 Å². The van der Waals surface area contributed by atoms with Crippen LogP contribution in [-0.4, -0.2) is 37.2 Å². The molecule has 0 rings (SSSR count). The van der Waals surface area contributed by atoms with Crippen molar-refractivity contribution >= 4 is 17.9 Å². The van der Waals surface area contributed by atoms with Gasteiger partial charge < -0.3 is 14.2 Å². The number of unbranched alkanes of at least 4 members (excludes halogenated alkanes) is 25. The molecule has 0 aromatic rings. The molecule has 0 aliphatic rings. The lowest BCUT2D eigenvalue weighted by Crippen LogP contribution is -2.30. The van der Waals surface area contributed by atoms with Crippen molar-refractivity contribution in [3.05, 3.63) is 85.1 Å². The molecule has 0 heterocycles. The number of ether oxygens (including phenoxy) is 3. The van der Waals surface area contributed by atoms with Crippen molar-refractivity contribution in [2.45, 2.75) is 264 Å². The first kappa shape index (κ1) is 62.6. The summed E-state index contributed by atoms with van der Waals surface area (Å²) >= 11 is 0. The molecule has 66 heavy (non-hydrogen) atoms. The van der Waals surface area contributed by atoms with E-state index in [1.165, 1.54) is 141 Å². The van der Waals surface area contributed by atoms with Gasteiger partial charge in [-0.2, -0.15) is 0 Å². The minimum Gasteiger partial charge on any atom is -0.462 e. The van der Waals surface area contributed by atoms with Gasteiger partial charge in [-0.3, -0.25) is 14.4 Å². The van der Waals surface area contributed by atoms with E-state index in [9.17, 15) is 14.4 Å². The number of rotatable bonds is 49. The van der Waals surface area contributed by atoms with Crippen LogP contribution < -0.4 is 0 Å². The van der Waals surface area contributed by atoms with Crippen LogP contribution in [0.3, 0.4) is 0 Å². The number of hydrogen-bond acceptors (Lipinski definition) is 6. The monoisotopic (exact) mass is 919 g/mol. The van der Waals surface area contributed by atoms with Gasteiger partial charge in [0.05, 0.1) is 6.42 Å². The van der Waals surface area contributed by atoms with Crippen molar-refractivity contribution < 1.29 is 28.6 Å². The smallest absolute Gasteiger partial charge is 0.310 e. The summed E-state index contributed by atoms with van der Waals surface area (Å²) in [6.45, 7) is 6.40. The first-order valence-corrected chi connectivity index (χ1v) is 27.6. The molecule has 378 valence electrons. The number of carbonyl (C=O) groups excluding carboxylic acids is 3. The van der Waals surface area contributed by atoms with Crippen LogP contribution in [0, 0.1) is 0 Å². The van der Waals surface area contributed by atoms with Gasteiger partial charge in [-0.1, -0.05) is 247 Å². The minimum atomic E-state index is -0.828. The molecular formula is C60H102O6. The maximum Gasteiger partial charge on any atom is 0.310 e. The van der Waals surface area contributed by atoms with Crippen LogP contribution in [0.15, 0.2) is 85.1 Å². The molecule has 0 aliphatic heterocycles. The molecule has 0 saturated carbocycles. The Bertz CT molecular complexity index is 1290. The summed E-state index contributed by atoms with van der Waals surface area (Å²) in [6, 6.07) is 0. The first-order valence-electron chi connectivity index (χ1n) is 27.6. The van der Waals surface area contributed by atoms with Crippen LogP contribution in [0.2, 0.25) is 0 Å². The van der Waals surface area contributed by atoms with Gasteiger partial charge in [0, 0.05) is 12.8 Å². The molecule has 1 atom stereocenters. The zero-order valence-electron chi connectivity index (χ0n) is 43.2. The summed E-state index contributed by atoms with van der Waals surface area (Å²) in [7, 11) is 0. The highest BCUT2D eigenvalue weighted by Gasteiger charge is 2.19. The van der Waals surface area contributed by atoms with Gasteiger partial charge in [0.15, 0.2) is 6.10 Å².